The van der Waals surface area contributed by atoms with Crippen LogP contribution >= 0.6 is 0 Å². The Balaban J connectivity index is 1.67. The molecule has 2 N–H and O–H groups in total. The number of hydrogen-bond acceptors (Lipinski definition) is 2. The number of carboxylic acid groups (broad SMARTS) is 1. The molecule has 0 saturated heterocycles. The van der Waals surface area contributed by atoms with Gasteiger partial charge in [-0.1, -0.05) is 56.3 Å². The molecule has 0 radical (unpaired) electrons. The summed E-state index contributed by atoms with van der Waals surface area (Å²) in [6.07, 6.45) is 2.65. The van der Waals surface area contributed by atoms with Crippen LogP contribution in [0.2, 0.25) is 0 Å². The molecule has 0 fully saturated rings. The van der Waals surface area contributed by atoms with Crippen molar-refractivity contribution in [3.63, 3.8) is 0 Å². The van der Waals surface area contributed by atoms with Gasteiger partial charge in [-0.2, -0.15) is 0 Å². The lowest BCUT2D eigenvalue weighted by atomic mass is 9.71. The fourth-order valence-corrected chi connectivity index (χ4v) is 3.82. The zero-order chi connectivity index (χ0) is 18.7. The molecule has 0 heterocycles. The number of benzene rings is 2. The zero-order valence-electron chi connectivity index (χ0n) is 15.3. The Labute approximate surface area is 154 Å². The Hall–Kier alpha value is -2.62. The molecule has 2 aromatic rings. The van der Waals surface area contributed by atoms with Crippen molar-refractivity contribution < 1.29 is 14.7 Å². The molecule has 136 valence electrons. The van der Waals surface area contributed by atoms with Gasteiger partial charge in [0.15, 0.2) is 0 Å². The van der Waals surface area contributed by atoms with Gasteiger partial charge >= 0.3 is 5.97 Å². The van der Waals surface area contributed by atoms with Crippen LogP contribution in [0.25, 0.3) is 0 Å². The Morgan fingerprint density at radius 2 is 1.81 bits per heavy atom. The van der Waals surface area contributed by atoms with Crippen molar-refractivity contribution in [2.45, 2.75) is 51.0 Å². The molecule has 26 heavy (non-hydrogen) atoms. The highest BCUT2D eigenvalue weighted by atomic mass is 16.4. The Kier molecular flexibility index (Phi) is 5.12. The van der Waals surface area contributed by atoms with E-state index in [1.807, 2.05) is 12.1 Å². The summed E-state index contributed by atoms with van der Waals surface area (Å²) in [5.41, 5.74) is 3.58. The Bertz CT molecular complexity index is 826. The molecule has 4 nitrogen and oxygen atoms in total. The van der Waals surface area contributed by atoms with Crippen LogP contribution in [0, 0.1) is 0 Å². The van der Waals surface area contributed by atoms with E-state index in [0.717, 1.165) is 12.8 Å². The van der Waals surface area contributed by atoms with Gasteiger partial charge in [-0.25, -0.2) is 4.79 Å². The van der Waals surface area contributed by atoms with Crippen LogP contribution in [0.4, 0.5) is 0 Å². The number of carboxylic acids is 1. The van der Waals surface area contributed by atoms with Crippen LogP contribution < -0.4 is 5.32 Å². The monoisotopic (exact) mass is 351 g/mol. The van der Waals surface area contributed by atoms with Gasteiger partial charge in [-0.15, -0.1) is 0 Å². The molecule has 3 rings (SSSR count). The maximum atomic E-state index is 12.5. The molecule has 1 atom stereocenters. The summed E-state index contributed by atoms with van der Waals surface area (Å²) in [4.78, 5) is 23.8. The molecular formula is C22H25NO3. The fraction of sp³-hybridized carbons (Fsp3) is 0.364. The minimum absolute atomic E-state index is 0.0291. The maximum Gasteiger partial charge on any atom is 0.335 e. The number of carbonyl (C=O) groups excluding carboxylic acids is 1. The van der Waals surface area contributed by atoms with Crippen molar-refractivity contribution in [3.05, 3.63) is 70.8 Å². The van der Waals surface area contributed by atoms with E-state index in [-0.39, 0.29) is 29.3 Å². The number of aromatic carboxylic acids is 1. The van der Waals surface area contributed by atoms with Gasteiger partial charge in [0.25, 0.3) is 0 Å². The fourth-order valence-electron chi connectivity index (χ4n) is 3.82. The lowest BCUT2D eigenvalue weighted by Gasteiger charge is -2.37. The van der Waals surface area contributed by atoms with Gasteiger partial charge in [-0.05, 0) is 47.4 Å². The number of nitrogens with one attached hydrogen (secondary N) is 1. The van der Waals surface area contributed by atoms with E-state index in [9.17, 15) is 14.7 Å². The van der Waals surface area contributed by atoms with E-state index in [0.29, 0.717) is 12.0 Å². The average Bonchev–Trinajstić information content (AvgIpc) is 2.63. The summed E-state index contributed by atoms with van der Waals surface area (Å²) in [6.45, 7) is 4.49. The molecule has 0 saturated carbocycles. The highest BCUT2D eigenvalue weighted by Gasteiger charge is 2.32. The van der Waals surface area contributed by atoms with Crippen LogP contribution in [0.5, 0.6) is 0 Å². The van der Waals surface area contributed by atoms with E-state index < -0.39 is 5.97 Å². The van der Waals surface area contributed by atoms with Crippen molar-refractivity contribution >= 4 is 11.9 Å². The van der Waals surface area contributed by atoms with Crippen molar-refractivity contribution in [1.82, 2.24) is 5.32 Å². The van der Waals surface area contributed by atoms with Crippen LogP contribution in [-0.4, -0.2) is 17.0 Å². The lowest BCUT2D eigenvalue weighted by molar-refractivity contribution is -0.122. The van der Waals surface area contributed by atoms with E-state index in [2.05, 4.69) is 31.3 Å². The maximum absolute atomic E-state index is 12.5. The van der Waals surface area contributed by atoms with Crippen molar-refractivity contribution in [3.8, 4) is 0 Å². The number of carbonyl (C=O) groups is 2. The van der Waals surface area contributed by atoms with Crippen molar-refractivity contribution in [1.29, 1.82) is 0 Å². The first-order chi connectivity index (χ1) is 12.4. The van der Waals surface area contributed by atoms with E-state index in [1.54, 1.807) is 24.3 Å². The molecule has 1 amide bonds. The van der Waals surface area contributed by atoms with Crippen LogP contribution in [0.3, 0.4) is 0 Å². The molecule has 1 unspecified atom stereocenters. The summed E-state index contributed by atoms with van der Waals surface area (Å²) >= 11 is 0. The van der Waals surface area contributed by atoms with Crippen molar-refractivity contribution in [2.75, 3.05) is 0 Å². The highest BCUT2D eigenvalue weighted by Crippen LogP contribution is 2.41. The Morgan fingerprint density at radius 3 is 2.58 bits per heavy atom. The summed E-state index contributed by atoms with van der Waals surface area (Å²) in [5, 5.41) is 12.4. The third-order valence-electron chi connectivity index (χ3n) is 5.33. The van der Waals surface area contributed by atoms with Gasteiger partial charge in [0.1, 0.15) is 0 Å². The third-order valence-corrected chi connectivity index (χ3v) is 5.33. The molecule has 0 spiro atoms. The summed E-state index contributed by atoms with van der Waals surface area (Å²) in [7, 11) is 0. The minimum atomic E-state index is -0.954. The highest BCUT2D eigenvalue weighted by molar-refractivity contribution is 5.89. The van der Waals surface area contributed by atoms with Gasteiger partial charge in [0, 0.05) is 6.42 Å². The smallest absolute Gasteiger partial charge is 0.335 e. The Morgan fingerprint density at radius 1 is 1.12 bits per heavy atom. The van der Waals surface area contributed by atoms with Gasteiger partial charge in [-0.3, -0.25) is 4.79 Å². The standard InChI is InChI=1S/C22H25NO3/c1-22(2)14-13-19(17-9-5-6-10-18(17)22)23-20(24)12-11-15-7-3-4-8-16(15)21(25)26/h3-10,19H,11-14H2,1-2H3,(H,23,24)(H,25,26). The zero-order valence-corrected chi connectivity index (χ0v) is 15.3. The first kappa shape index (κ1) is 18.2. The number of rotatable bonds is 5. The largest absolute Gasteiger partial charge is 0.478 e. The molecular weight excluding hydrogens is 326 g/mol. The number of amides is 1. The summed E-state index contributed by atoms with van der Waals surface area (Å²) < 4.78 is 0. The van der Waals surface area contributed by atoms with Crippen LogP contribution in [-0.2, 0) is 16.6 Å². The number of hydrogen-bond donors (Lipinski definition) is 2. The number of fused-ring (bicyclic) bond motifs is 1. The second-order valence-corrected chi connectivity index (χ2v) is 7.59. The molecule has 0 aliphatic heterocycles. The van der Waals surface area contributed by atoms with Gasteiger partial charge in [0.2, 0.25) is 5.91 Å². The molecule has 0 bridgehead atoms. The summed E-state index contributed by atoms with van der Waals surface area (Å²) in [5.74, 6) is -0.992. The third kappa shape index (κ3) is 3.79. The predicted octanol–water partition coefficient (Wildman–Crippen LogP) is 4.25. The van der Waals surface area contributed by atoms with Gasteiger partial charge < -0.3 is 10.4 Å². The first-order valence-electron chi connectivity index (χ1n) is 9.08. The predicted molar refractivity (Wildman–Crippen MR) is 101 cm³/mol. The lowest BCUT2D eigenvalue weighted by Crippen LogP contribution is -2.35. The van der Waals surface area contributed by atoms with Crippen molar-refractivity contribution in [2.24, 2.45) is 0 Å². The van der Waals surface area contributed by atoms with E-state index >= 15 is 0 Å². The van der Waals surface area contributed by atoms with E-state index in [4.69, 9.17) is 0 Å². The average molecular weight is 351 g/mol. The van der Waals surface area contributed by atoms with E-state index in [1.165, 1.54) is 11.1 Å². The second-order valence-electron chi connectivity index (χ2n) is 7.59. The molecule has 1 aliphatic carbocycles. The normalized spacial score (nSPS) is 18.0. The summed E-state index contributed by atoms with van der Waals surface area (Å²) in [6, 6.07) is 15.2. The van der Waals surface area contributed by atoms with Crippen LogP contribution in [0.1, 0.15) is 66.2 Å². The SMILES string of the molecule is CC1(C)CCC(NC(=O)CCc2ccccc2C(=O)O)c2ccccc21. The topological polar surface area (TPSA) is 66.4 Å². The number of aryl methyl sites for hydroxylation is 1. The molecule has 0 aromatic heterocycles. The molecule has 2 aromatic carbocycles. The van der Waals surface area contributed by atoms with Crippen LogP contribution in [0.15, 0.2) is 48.5 Å². The molecule has 4 heteroatoms. The van der Waals surface area contributed by atoms with Gasteiger partial charge in [0.05, 0.1) is 11.6 Å². The minimum Gasteiger partial charge on any atom is -0.478 e. The quantitative estimate of drug-likeness (QED) is 0.846. The first-order valence-corrected chi connectivity index (χ1v) is 9.08. The molecule has 1 aliphatic rings. The second kappa shape index (κ2) is 7.32.